The van der Waals surface area contributed by atoms with Crippen LogP contribution in [0.1, 0.15) is 28.4 Å². The fourth-order valence-electron chi connectivity index (χ4n) is 4.99. The average Bonchev–Trinajstić information content (AvgIpc) is 3.10. The number of aliphatic hydroxyl groups excluding tert-OH is 1. The van der Waals surface area contributed by atoms with E-state index in [0.29, 0.717) is 42.3 Å². The van der Waals surface area contributed by atoms with E-state index < -0.39 is 17.9 Å². The normalized spacial score (nSPS) is 17.6. The first kappa shape index (κ1) is 38.1. The summed E-state index contributed by atoms with van der Waals surface area (Å²) < 4.78 is 13.6. The Kier molecular flexibility index (Phi) is 12.6. The first-order chi connectivity index (χ1) is 24.4. The maximum Gasteiger partial charge on any atom is 0.269 e. The van der Waals surface area contributed by atoms with Crippen LogP contribution in [0.3, 0.4) is 0 Å². The van der Waals surface area contributed by atoms with Crippen molar-refractivity contribution >= 4 is 87.0 Å². The van der Waals surface area contributed by atoms with Gasteiger partial charge in [-0.15, -0.1) is 0 Å². The van der Waals surface area contributed by atoms with Gasteiger partial charge in [0.25, 0.3) is 11.8 Å². The monoisotopic (exact) mass is 952 g/mol. The minimum atomic E-state index is -1.15. The highest BCUT2D eigenvalue weighted by atomic mass is 79.9. The number of aromatic hydroxyl groups is 2. The van der Waals surface area contributed by atoms with Gasteiger partial charge in [0.05, 0.1) is 24.0 Å². The van der Waals surface area contributed by atoms with E-state index >= 15 is 0 Å². The number of phenolic OH excluding ortho intramolecular Hbond substituents is 2. The van der Waals surface area contributed by atoms with Gasteiger partial charge in [0.15, 0.2) is 28.7 Å². The van der Waals surface area contributed by atoms with Crippen molar-refractivity contribution in [2.24, 2.45) is 10.3 Å². The third-order valence-corrected chi connectivity index (χ3v) is 10.0. The SMILES string of the molecule is O=C1NCCc2ccc(O)c(c2)Oc2ccc(cc2Br)C(O)CNC(=O)/C(=N\O)Cc2cc(Br)c(O)c(c2)Oc2c(Br)cc(cc2Br)C/C1=N/O. The molecule has 4 aliphatic rings. The van der Waals surface area contributed by atoms with Crippen LogP contribution in [0.25, 0.3) is 0 Å². The lowest BCUT2D eigenvalue weighted by Crippen LogP contribution is -2.35. The number of aliphatic hydroxyl groups is 1. The molecule has 4 heterocycles. The second-order valence-electron chi connectivity index (χ2n) is 11.2. The maximum atomic E-state index is 13.0. The van der Waals surface area contributed by atoms with E-state index in [2.05, 4.69) is 84.7 Å². The first-order valence-corrected chi connectivity index (χ1v) is 18.2. The highest BCUT2D eigenvalue weighted by molar-refractivity contribution is 9.11. The second kappa shape index (κ2) is 16.9. The number of halogens is 4. The standard InChI is InChI=1S/C34H28Br4N4O9/c35-20-14-19-2-4-28(20)50-29-12-16(1-3-26(29)43)5-6-39-33(46)24(41-48)10-17-8-22(37)32(23(38)9-17)51-30-13-18(7-21(36)31(30)45)11-25(42-49)34(47)40-15-27(19)44/h1-4,7-9,12-14,27,43-45,48-49H,5-6,10-11,15H2,(H,39,46)(H,40,47)/b41-24-,42-25-. The number of nitrogens with zero attached hydrogens (tertiary/aromatic N) is 2. The third-order valence-electron chi connectivity index (χ3n) is 7.61. The largest absolute Gasteiger partial charge is 0.504 e. The summed E-state index contributed by atoms with van der Waals surface area (Å²) in [5.74, 6) is -0.952. The Morgan fingerprint density at radius 3 is 1.92 bits per heavy atom. The van der Waals surface area contributed by atoms with Gasteiger partial charge in [-0.2, -0.15) is 0 Å². The molecule has 13 nitrogen and oxygen atoms in total. The fourth-order valence-corrected chi connectivity index (χ4v) is 7.40. The Morgan fingerprint density at radius 1 is 0.667 bits per heavy atom. The lowest BCUT2D eigenvalue weighted by molar-refractivity contribution is -0.116. The van der Waals surface area contributed by atoms with E-state index in [1.54, 1.807) is 42.5 Å². The van der Waals surface area contributed by atoms with Crippen molar-refractivity contribution in [3.63, 3.8) is 0 Å². The Labute approximate surface area is 324 Å². The van der Waals surface area contributed by atoms with Gasteiger partial charge >= 0.3 is 0 Å². The van der Waals surface area contributed by atoms with Crippen LogP contribution in [-0.4, -0.2) is 62.1 Å². The molecule has 0 fully saturated rings. The lowest BCUT2D eigenvalue weighted by atomic mass is 10.1. The quantitative estimate of drug-likeness (QED) is 0.0716. The number of amides is 2. The van der Waals surface area contributed by atoms with Crippen LogP contribution in [0.15, 0.2) is 88.9 Å². The van der Waals surface area contributed by atoms with Crippen molar-refractivity contribution in [2.75, 3.05) is 13.1 Å². The molecule has 0 saturated carbocycles. The van der Waals surface area contributed by atoms with Crippen LogP contribution in [0.2, 0.25) is 0 Å². The van der Waals surface area contributed by atoms with E-state index in [-0.39, 0.29) is 70.6 Å². The molecule has 0 radical (unpaired) electrons. The van der Waals surface area contributed by atoms with Crippen molar-refractivity contribution in [2.45, 2.75) is 25.4 Å². The number of carbonyl (C=O) groups excluding carboxylic acids is 2. The zero-order chi connectivity index (χ0) is 36.8. The van der Waals surface area contributed by atoms with Gasteiger partial charge in [-0.1, -0.05) is 22.4 Å². The lowest BCUT2D eigenvalue weighted by Gasteiger charge is -2.16. The van der Waals surface area contributed by atoms with E-state index in [9.17, 15) is 35.3 Å². The molecular weight excluding hydrogens is 928 g/mol. The summed E-state index contributed by atoms with van der Waals surface area (Å²) in [6.07, 6.45) is -1.01. The van der Waals surface area contributed by atoms with Gasteiger partial charge in [-0.3, -0.25) is 9.59 Å². The summed E-state index contributed by atoms with van der Waals surface area (Å²) in [4.78, 5) is 25.9. The number of hydrogen-bond donors (Lipinski definition) is 7. The van der Waals surface area contributed by atoms with Crippen LogP contribution in [-0.2, 0) is 28.9 Å². The Bertz CT molecular complexity index is 2040. The van der Waals surface area contributed by atoms with Crippen LogP contribution in [0, 0.1) is 0 Å². The van der Waals surface area contributed by atoms with Crippen molar-refractivity contribution in [3.8, 4) is 34.5 Å². The molecule has 4 aromatic carbocycles. The number of hydrogen-bond acceptors (Lipinski definition) is 11. The second-order valence-corrected chi connectivity index (χ2v) is 14.6. The van der Waals surface area contributed by atoms with E-state index in [0.717, 1.165) is 5.56 Å². The molecule has 2 amide bonds. The Hall–Kier alpha value is -4.16. The predicted molar refractivity (Wildman–Crippen MR) is 201 cm³/mol. The number of carbonyl (C=O) groups is 2. The molecule has 0 aliphatic carbocycles. The summed E-state index contributed by atoms with van der Waals surface area (Å²) >= 11 is 13.6. The Morgan fingerprint density at radius 2 is 1.27 bits per heavy atom. The number of ether oxygens (including phenoxy) is 2. The van der Waals surface area contributed by atoms with Crippen LogP contribution in [0.4, 0.5) is 0 Å². The van der Waals surface area contributed by atoms with Crippen LogP contribution < -0.4 is 20.1 Å². The minimum Gasteiger partial charge on any atom is -0.504 e. The van der Waals surface area contributed by atoms with Gasteiger partial charge in [0.2, 0.25) is 0 Å². The predicted octanol–water partition coefficient (Wildman–Crippen LogP) is 7.00. The molecule has 0 saturated heterocycles. The number of oxime groups is 2. The van der Waals surface area contributed by atoms with Gasteiger partial charge < -0.3 is 45.8 Å². The van der Waals surface area contributed by atoms with E-state index in [4.69, 9.17) is 9.47 Å². The van der Waals surface area contributed by atoms with E-state index in [1.165, 1.54) is 18.2 Å². The van der Waals surface area contributed by atoms with Gasteiger partial charge in [0.1, 0.15) is 17.2 Å². The topological polar surface area (TPSA) is 203 Å². The van der Waals surface area contributed by atoms with Crippen LogP contribution in [0.5, 0.6) is 34.5 Å². The smallest absolute Gasteiger partial charge is 0.269 e. The minimum absolute atomic E-state index is 0.00513. The molecule has 1 atom stereocenters. The number of rotatable bonds is 0. The van der Waals surface area contributed by atoms with Gasteiger partial charge in [-0.25, -0.2) is 0 Å². The molecule has 8 bridgehead atoms. The maximum absolute atomic E-state index is 13.0. The molecule has 8 rings (SSSR count). The first-order valence-electron chi connectivity index (χ1n) is 15.0. The summed E-state index contributed by atoms with van der Waals surface area (Å²) in [5, 5.41) is 63.1. The molecule has 266 valence electrons. The highest BCUT2D eigenvalue weighted by Crippen LogP contribution is 2.43. The summed E-state index contributed by atoms with van der Waals surface area (Å²) in [6.45, 7) is -0.0416. The summed E-state index contributed by atoms with van der Waals surface area (Å²) in [5.41, 5.74) is 1.75. The Balaban J connectivity index is 1.48. The molecule has 51 heavy (non-hydrogen) atoms. The molecule has 4 aromatic rings. The fraction of sp³-hybridized carbons (Fsp3) is 0.176. The van der Waals surface area contributed by atoms with Gasteiger partial charge in [0, 0.05) is 25.9 Å². The van der Waals surface area contributed by atoms with Gasteiger partial charge in [-0.05, 0) is 141 Å². The van der Waals surface area contributed by atoms with Crippen molar-refractivity contribution in [3.05, 3.63) is 101 Å². The molecule has 0 aromatic heterocycles. The van der Waals surface area contributed by atoms with Crippen molar-refractivity contribution in [1.82, 2.24) is 10.6 Å². The molecule has 7 N–H and O–H groups in total. The number of phenols is 2. The number of benzene rings is 4. The van der Waals surface area contributed by atoms with Crippen LogP contribution >= 0.6 is 63.7 Å². The molecule has 4 aliphatic heterocycles. The van der Waals surface area contributed by atoms with Crippen molar-refractivity contribution in [1.29, 1.82) is 0 Å². The molecule has 1 unspecified atom stereocenters. The molecule has 17 heteroatoms. The summed E-state index contributed by atoms with van der Waals surface area (Å²) in [6, 6.07) is 15.8. The number of nitrogens with one attached hydrogen (secondary N) is 2. The third kappa shape index (κ3) is 9.39. The van der Waals surface area contributed by atoms with E-state index in [1.807, 2.05) is 0 Å². The zero-order valence-electron chi connectivity index (χ0n) is 26.2. The molecular formula is C34H28Br4N4O9. The van der Waals surface area contributed by atoms with Crippen molar-refractivity contribution < 1.29 is 44.8 Å². The average molecular weight is 956 g/mol. The zero-order valence-corrected chi connectivity index (χ0v) is 32.5. The molecule has 0 spiro atoms. The summed E-state index contributed by atoms with van der Waals surface area (Å²) in [7, 11) is 0. The highest BCUT2D eigenvalue weighted by Gasteiger charge is 2.21.